The van der Waals surface area contributed by atoms with Crippen LogP contribution in [-0.2, 0) is 24.6 Å². The topological polar surface area (TPSA) is 122 Å². The average Bonchev–Trinajstić information content (AvgIpc) is 3.18. The molecule has 1 amide bonds. The summed E-state index contributed by atoms with van der Waals surface area (Å²) in [6.07, 6.45) is 1.07. The van der Waals surface area contributed by atoms with E-state index in [0.717, 1.165) is 30.5 Å². The maximum Gasteiger partial charge on any atom is 0.326 e. The van der Waals surface area contributed by atoms with Crippen LogP contribution in [0, 0.1) is 18.8 Å². The van der Waals surface area contributed by atoms with Crippen LogP contribution in [0.1, 0.15) is 64.0 Å². The molecule has 9 nitrogen and oxygen atoms in total. The van der Waals surface area contributed by atoms with E-state index in [0.29, 0.717) is 12.2 Å². The number of benzene rings is 1. The minimum atomic E-state index is -1.12. The number of aryl methyl sites for hydroxylation is 1. The first-order valence-electron chi connectivity index (χ1n) is 12.7. The van der Waals surface area contributed by atoms with Gasteiger partial charge in [0.15, 0.2) is 23.4 Å². The zero-order valence-electron chi connectivity index (χ0n) is 21.6. The highest BCUT2D eigenvalue weighted by Gasteiger charge is 2.62. The van der Waals surface area contributed by atoms with Gasteiger partial charge in [0.1, 0.15) is 6.04 Å². The third-order valence-electron chi connectivity index (χ3n) is 8.34. The molecule has 5 unspecified atom stereocenters. The summed E-state index contributed by atoms with van der Waals surface area (Å²) in [6, 6.07) is 2.84. The molecule has 2 fully saturated rings. The molecule has 4 rings (SSSR count). The molecule has 1 spiro atoms. The van der Waals surface area contributed by atoms with E-state index >= 15 is 0 Å². The van der Waals surface area contributed by atoms with Crippen molar-refractivity contribution in [1.29, 1.82) is 0 Å². The molecule has 0 aromatic heterocycles. The van der Waals surface area contributed by atoms with E-state index in [1.54, 1.807) is 19.9 Å². The monoisotopic (exact) mass is 500 g/mol. The number of hydrogen-bond donors (Lipinski definition) is 2. The number of ether oxygens (including phenoxy) is 2. The number of hydrogen-bond acceptors (Lipinski definition) is 7. The van der Waals surface area contributed by atoms with Crippen LogP contribution < -0.4 is 14.8 Å². The summed E-state index contributed by atoms with van der Waals surface area (Å²) in [5, 5.41) is 11.7. The summed E-state index contributed by atoms with van der Waals surface area (Å²) in [4.78, 5) is 51.6. The standard InChI is InChI=1S/C27H36N2O7/c1-14(2)23(26(33)34)28-20(31)10-11-21(32)35-19-9-6-15(3)22-24(19)36-25-18(30)8-7-17-16(4)29(5)13-12-27(17,22)25/h6,9,14,16-17,23,25H,7-8,10-13H2,1-5H3,(H,28,31)(H,33,34). The summed E-state index contributed by atoms with van der Waals surface area (Å²) in [6.45, 7) is 8.44. The summed E-state index contributed by atoms with van der Waals surface area (Å²) < 4.78 is 12.0. The number of aliphatic carboxylic acids is 1. The number of carboxylic acid groups (broad SMARTS) is 1. The van der Waals surface area contributed by atoms with Gasteiger partial charge >= 0.3 is 11.9 Å². The zero-order valence-corrected chi connectivity index (χ0v) is 21.6. The van der Waals surface area contributed by atoms with Crippen molar-refractivity contribution < 1.29 is 33.8 Å². The summed E-state index contributed by atoms with van der Waals surface area (Å²) in [5.41, 5.74) is 1.54. The number of likely N-dealkylation sites (tertiary alicyclic amines) is 1. The van der Waals surface area contributed by atoms with Gasteiger partial charge in [-0.1, -0.05) is 19.9 Å². The Labute approximate surface area is 211 Å². The molecular weight excluding hydrogens is 464 g/mol. The fourth-order valence-electron chi connectivity index (χ4n) is 6.34. The van der Waals surface area contributed by atoms with Gasteiger partial charge in [-0.15, -0.1) is 0 Å². The Morgan fingerprint density at radius 3 is 2.67 bits per heavy atom. The maximum absolute atomic E-state index is 13.1. The molecule has 0 bridgehead atoms. The van der Waals surface area contributed by atoms with Crippen LogP contribution in [0.15, 0.2) is 12.1 Å². The lowest BCUT2D eigenvalue weighted by Gasteiger charge is -2.53. The molecule has 196 valence electrons. The van der Waals surface area contributed by atoms with Crippen LogP contribution in [0.3, 0.4) is 0 Å². The summed E-state index contributed by atoms with van der Waals surface area (Å²) in [7, 11) is 2.11. The number of ketones is 1. The van der Waals surface area contributed by atoms with Gasteiger partial charge in [-0.2, -0.15) is 0 Å². The average molecular weight is 501 g/mol. The number of fused-ring (bicyclic) bond motifs is 1. The number of esters is 1. The lowest BCUT2D eigenvalue weighted by molar-refractivity contribution is -0.143. The minimum Gasteiger partial charge on any atom is -0.480 e. The first-order chi connectivity index (χ1) is 17.0. The number of Topliss-reactive ketones (excluding diaryl/α,β-unsaturated/α-hetero) is 1. The van der Waals surface area contributed by atoms with Gasteiger partial charge in [-0.25, -0.2) is 4.79 Å². The van der Waals surface area contributed by atoms with Crippen molar-refractivity contribution in [2.75, 3.05) is 13.6 Å². The van der Waals surface area contributed by atoms with E-state index in [9.17, 15) is 24.3 Å². The molecule has 2 heterocycles. The second-order valence-electron chi connectivity index (χ2n) is 10.8. The van der Waals surface area contributed by atoms with E-state index in [1.807, 2.05) is 13.0 Å². The summed E-state index contributed by atoms with van der Waals surface area (Å²) in [5.74, 6) is -1.51. The molecule has 1 aromatic rings. The number of carbonyl (C=O) groups is 4. The lowest BCUT2D eigenvalue weighted by Crippen LogP contribution is -2.62. The Balaban J connectivity index is 1.54. The number of carboxylic acids is 1. The van der Waals surface area contributed by atoms with Crippen molar-refractivity contribution in [2.45, 2.75) is 83.4 Å². The number of nitrogens with zero attached hydrogens (tertiary/aromatic N) is 1. The van der Waals surface area contributed by atoms with Crippen LogP contribution in [0.25, 0.3) is 0 Å². The molecule has 1 aromatic carbocycles. The first kappa shape index (κ1) is 26.1. The van der Waals surface area contributed by atoms with E-state index in [1.165, 1.54) is 0 Å². The van der Waals surface area contributed by atoms with Gasteiger partial charge in [-0.3, -0.25) is 14.4 Å². The molecule has 3 aliphatic rings. The van der Waals surface area contributed by atoms with Gasteiger partial charge < -0.3 is 24.8 Å². The predicted molar refractivity (Wildman–Crippen MR) is 131 cm³/mol. The van der Waals surface area contributed by atoms with Crippen LogP contribution in [0.5, 0.6) is 11.5 Å². The fraction of sp³-hybridized carbons (Fsp3) is 0.630. The van der Waals surface area contributed by atoms with Crippen molar-refractivity contribution >= 4 is 23.6 Å². The third-order valence-corrected chi connectivity index (χ3v) is 8.34. The lowest BCUT2D eigenvalue weighted by atomic mass is 9.55. The van der Waals surface area contributed by atoms with Crippen molar-refractivity contribution in [1.82, 2.24) is 10.2 Å². The van der Waals surface area contributed by atoms with Gasteiger partial charge in [0, 0.05) is 29.9 Å². The molecule has 1 saturated heterocycles. The molecule has 1 aliphatic carbocycles. The normalized spacial score (nSPS) is 27.9. The number of nitrogens with one attached hydrogen (secondary N) is 1. The third kappa shape index (κ3) is 4.38. The highest BCUT2D eigenvalue weighted by atomic mass is 16.6. The van der Waals surface area contributed by atoms with E-state index in [2.05, 4.69) is 24.2 Å². The smallest absolute Gasteiger partial charge is 0.326 e. The molecule has 9 heteroatoms. The Kier molecular flexibility index (Phi) is 7.14. The number of piperidine rings is 1. The number of amides is 1. The van der Waals surface area contributed by atoms with Crippen LogP contribution in [0.2, 0.25) is 0 Å². The van der Waals surface area contributed by atoms with Crippen LogP contribution >= 0.6 is 0 Å². The highest BCUT2D eigenvalue weighted by molar-refractivity contribution is 5.89. The predicted octanol–water partition coefficient (Wildman–Crippen LogP) is 2.61. The van der Waals surface area contributed by atoms with E-state index in [-0.39, 0.29) is 42.3 Å². The van der Waals surface area contributed by atoms with Crippen molar-refractivity contribution in [3.63, 3.8) is 0 Å². The second kappa shape index (κ2) is 9.84. The second-order valence-corrected chi connectivity index (χ2v) is 10.8. The molecule has 2 N–H and O–H groups in total. The molecular formula is C27H36N2O7. The van der Waals surface area contributed by atoms with Gasteiger partial charge in [-0.05, 0) is 63.7 Å². The molecule has 5 atom stereocenters. The minimum absolute atomic E-state index is 0.0886. The fourth-order valence-corrected chi connectivity index (χ4v) is 6.34. The molecule has 1 saturated carbocycles. The zero-order chi connectivity index (χ0) is 26.4. The molecule has 0 radical (unpaired) electrons. The number of carbonyl (C=O) groups excluding carboxylic acids is 3. The largest absolute Gasteiger partial charge is 0.480 e. The SMILES string of the molecule is Cc1ccc(OC(=O)CCC(=O)NC(C(=O)O)C(C)C)c2c1C13CCN(C)C(C)C1CCC(=O)C3O2. The Hall–Kier alpha value is -2.94. The van der Waals surface area contributed by atoms with Crippen molar-refractivity contribution in [3.8, 4) is 11.5 Å². The first-order valence-corrected chi connectivity index (χ1v) is 12.7. The summed E-state index contributed by atoms with van der Waals surface area (Å²) >= 11 is 0. The van der Waals surface area contributed by atoms with Gasteiger partial charge in [0.2, 0.25) is 5.91 Å². The molecule has 2 aliphatic heterocycles. The van der Waals surface area contributed by atoms with E-state index in [4.69, 9.17) is 9.47 Å². The van der Waals surface area contributed by atoms with Crippen molar-refractivity contribution in [2.24, 2.45) is 11.8 Å². The number of rotatable bonds is 7. The van der Waals surface area contributed by atoms with E-state index < -0.39 is 35.4 Å². The maximum atomic E-state index is 13.1. The molecule has 36 heavy (non-hydrogen) atoms. The quantitative estimate of drug-likeness (QED) is 0.433. The van der Waals surface area contributed by atoms with Gasteiger partial charge in [0.05, 0.1) is 6.42 Å². The van der Waals surface area contributed by atoms with Crippen LogP contribution in [-0.4, -0.2) is 65.4 Å². The van der Waals surface area contributed by atoms with Crippen molar-refractivity contribution in [3.05, 3.63) is 23.3 Å². The van der Waals surface area contributed by atoms with Crippen LogP contribution in [0.4, 0.5) is 0 Å². The Morgan fingerprint density at radius 1 is 1.28 bits per heavy atom. The highest BCUT2D eigenvalue weighted by Crippen LogP contribution is 2.60. The Morgan fingerprint density at radius 2 is 2.00 bits per heavy atom. The van der Waals surface area contributed by atoms with Gasteiger partial charge in [0.25, 0.3) is 0 Å². The Bertz CT molecular complexity index is 1080.